The molecule has 2 rings (SSSR count). The Hall–Kier alpha value is -1.77. The normalized spacial score (nSPS) is 14.2. The van der Waals surface area contributed by atoms with Gasteiger partial charge < -0.3 is 10.6 Å². The van der Waals surface area contributed by atoms with Crippen LogP contribution in [0.2, 0.25) is 0 Å². The molecule has 1 fully saturated rings. The monoisotopic (exact) mass is 216 g/mol. The highest BCUT2D eigenvalue weighted by atomic mass is 16.1. The van der Waals surface area contributed by atoms with Crippen molar-refractivity contribution >= 4 is 5.78 Å². The SMILES string of the molecule is Cc1ccc(C(=O)C=C2NCCN2)c(C)c1. The second kappa shape index (κ2) is 4.39. The predicted octanol–water partition coefficient (Wildman–Crippen LogP) is 1.52. The lowest BCUT2D eigenvalue weighted by molar-refractivity contribution is 0.104. The zero-order chi connectivity index (χ0) is 11.5. The summed E-state index contributed by atoms with van der Waals surface area (Å²) in [6.45, 7) is 5.76. The minimum absolute atomic E-state index is 0.0504. The number of ketones is 1. The number of allylic oxidation sites excluding steroid dienone is 1. The van der Waals surface area contributed by atoms with Gasteiger partial charge in [0.15, 0.2) is 5.78 Å². The minimum Gasteiger partial charge on any atom is -0.370 e. The third kappa shape index (κ3) is 2.24. The molecule has 1 aliphatic heterocycles. The Morgan fingerprint density at radius 2 is 1.94 bits per heavy atom. The summed E-state index contributed by atoms with van der Waals surface area (Å²) in [6.07, 6.45) is 1.63. The van der Waals surface area contributed by atoms with Gasteiger partial charge in [0, 0.05) is 24.7 Å². The molecule has 3 heteroatoms. The molecule has 16 heavy (non-hydrogen) atoms. The summed E-state index contributed by atoms with van der Waals surface area (Å²) in [5.41, 5.74) is 2.98. The first-order valence-corrected chi connectivity index (χ1v) is 5.48. The Labute approximate surface area is 95.6 Å². The maximum Gasteiger partial charge on any atom is 0.189 e. The van der Waals surface area contributed by atoms with Crippen LogP contribution in [0.4, 0.5) is 0 Å². The second-order valence-corrected chi connectivity index (χ2v) is 4.09. The Kier molecular flexibility index (Phi) is 2.95. The van der Waals surface area contributed by atoms with Crippen molar-refractivity contribution in [1.82, 2.24) is 10.6 Å². The van der Waals surface area contributed by atoms with E-state index in [1.807, 2.05) is 32.0 Å². The van der Waals surface area contributed by atoms with E-state index in [0.29, 0.717) is 0 Å². The third-order valence-electron chi connectivity index (χ3n) is 2.68. The zero-order valence-electron chi connectivity index (χ0n) is 9.63. The van der Waals surface area contributed by atoms with E-state index < -0.39 is 0 Å². The first kappa shape index (κ1) is 10.7. The van der Waals surface area contributed by atoms with Gasteiger partial charge in [0.25, 0.3) is 0 Å². The highest BCUT2D eigenvalue weighted by Crippen LogP contribution is 2.12. The van der Waals surface area contributed by atoms with Crippen molar-refractivity contribution < 1.29 is 4.79 Å². The second-order valence-electron chi connectivity index (χ2n) is 4.09. The van der Waals surface area contributed by atoms with Crippen molar-refractivity contribution in [1.29, 1.82) is 0 Å². The smallest absolute Gasteiger partial charge is 0.189 e. The summed E-state index contributed by atoms with van der Waals surface area (Å²) in [7, 11) is 0. The van der Waals surface area contributed by atoms with Gasteiger partial charge in [0.2, 0.25) is 0 Å². The van der Waals surface area contributed by atoms with Crippen molar-refractivity contribution in [2.45, 2.75) is 13.8 Å². The number of hydrogen-bond donors (Lipinski definition) is 2. The summed E-state index contributed by atoms with van der Waals surface area (Å²) in [4.78, 5) is 12.0. The fourth-order valence-corrected chi connectivity index (χ4v) is 1.86. The van der Waals surface area contributed by atoms with Crippen LogP contribution in [0.15, 0.2) is 30.1 Å². The maximum absolute atomic E-state index is 12.0. The molecule has 0 amide bonds. The maximum atomic E-state index is 12.0. The molecule has 0 aromatic heterocycles. The molecule has 1 aliphatic rings. The Balaban J connectivity index is 2.23. The number of aryl methyl sites for hydroxylation is 2. The van der Waals surface area contributed by atoms with Gasteiger partial charge in [-0.15, -0.1) is 0 Å². The number of hydrogen-bond acceptors (Lipinski definition) is 3. The van der Waals surface area contributed by atoms with Crippen molar-refractivity contribution in [2.24, 2.45) is 0 Å². The average molecular weight is 216 g/mol. The Morgan fingerprint density at radius 3 is 2.56 bits per heavy atom. The largest absolute Gasteiger partial charge is 0.370 e. The topological polar surface area (TPSA) is 41.1 Å². The fraction of sp³-hybridized carbons (Fsp3) is 0.308. The minimum atomic E-state index is 0.0504. The quantitative estimate of drug-likeness (QED) is 0.581. The number of nitrogens with one attached hydrogen (secondary N) is 2. The molecule has 0 bridgehead atoms. The van der Waals surface area contributed by atoms with E-state index in [0.717, 1.165) is 30.0 Å². The molecular formula is C13H16N2O. The van der Waals surface area contributed by atoms with Crippen molar-refractivity contribution in [3.05, 3.63) is 46.8 Å². The lowest BCUT2D eigenvalue weighted by Gasteiger charge is -2.04. The van der Waals surface area contributed by atoms with E-state index in [-0.39, 0.29) is 5.78 Å². The number of carbonyl (C=O) groups is 1. The molecule has 3 nitrogen and oxygen atoms in total. The van der Waals surface area contributed by atoms with Gasteiger partial charge in [0.05, 0.1) is 0 Å². The molecule has 1 aromatic rings. The zero-order valence-corrected chi connectivity index (χ0v) is 9.63. The van der Waals surface area contributed by atoms with Crippen LogP contribution >= 0.6 is 0 Å². The highest BCUT2D eigenvalue weighted by molar-refractivity contribution is 6.05. The van der Waals surface area contributed by atoms with Gasteiger partial charge in [-0.3, -0.25) is 4.79 Å². The summed E-state index contributed by atoms with van der Waals surface area (Å²) >= 11 is 0. The van der Waals surface area contributed by atoms with E-state index in [2.05, 4.69) is 10.6 Å². The molecular weight excluding hydrogens is 200 g/mol. The van der Waals surface area contributed by atoms with Crippen molar-refractivity contribution in [3.8, 4) is 0 Å². The van der Waals surface area contributed by atoms with Crippen LogP contribution in [0.5, 0.6) is 0 Å². The van der Waals surface area contributed by atoms with Gasteiger partial charge in [0.1, 0.15) is 5.82 Å². The summed E-state index contributed by atoms with van der Waals surface area (Å²) in [5, 5.41) is 6.23. The lowest BCUT2D eigenvalue weighted by atomic mass is 10.0. The first-order chi connectivity index (χ1) is 7.66. The molecule has 1 heterocycles. The molecule has 0 radical (unpaired) electrons. The summed E-state index contributed by atoms with van der Waals surface area (Å²) < 4.78 is 0. The van der Waals surface area contributed by atoms with E-state index >= 15 is 0 Å². The van der Waals surface area contributed by atoms with E-state index in [1.165, 1.54) is 5.56 Å². The van der Waals surface area contributed by atoms with E-state index in [1.54, 1.807) is 6.08 Å². The van der Waals surface area contributed by atoms with Gasteiger partial charge >= 0.3 is 0 Å². The fourth-order valence-electron chi connectivity index (χ4n) is 1.86. The van der Waals surface area contributed by atoms with Gasteiger partial charge in [-0.1, -0.05) is 23.8 Å². The van der Waals surface area contributed by atoms with Gasteiger partial charge in [-0.25, -0.2) is 0 Å². The molecule has 1 saturated heterocycles. The average Bonchev–Trinajstić information content (AvgIpc) is 2.70. The van der Waals surface area contributed by atoms with Crippen molar-refractivity contribution in [3.63, 3.8) is 0 Å². The molecule has 0 unspecified atom stereocenters. The molecule has 0 saturated carbocycles. The first-order valence-electron chi connectivity index (χ1n) is 5.48. The van der Waals surface area contributed by atoms with Crippen LogP contribution in [-0.2, 0) is 0 Å². The molecule has 2 N–H and O–H groups in total. The number of rotatable bonds is 2. The predicted molar refractivity (Wildman–Crippen MR) is 64.3 cm³/mol. The molecule has 0 spiro atoms. The highest BCUT2D eigenvalue weighted by Gasteiger charge is 2.10. The van der Waals surface area contributed by atoms with Crippen LogP contribution in [0.1, 0.15) is 21.5 Å². The Bertz CT molecular complexity index is 441. The molecule has 0 atom stereocenters. The van der Waals surface area contributed by atoms with E-state index in [9.17, 15) is 4.79 Å². The lowest BCUT2D eigenvalue weighted by Crippen LogP contribution is -2.12. The van der Waals surface area contributed by atoms with Gasteiger partial charge in [-0.05, 0) is 19.4 Å². The number of benzene rings is 1. The molecule has 1 aromatic carbocycles. The third-order valence-corrected chi connectivity index (χ3v) is 2.68. The summed E-state index contributed by atoms with van der Waals surface area (Å²) in [6, 6.07) is 5.88. The van der Waals surface area contributed by atoms with Crippen LogP contribution < -0.4 is 10.6 Å². The van der Waals surface area contributed by atoms with Crippen LogP contribution in [0.3, 0.4) is 0 Å². The Morgan fingerprint density at radius 1 is 1.25 bits per heavy atom. The molecule has 0 aliphatic carbocycles. The van der Waals surface area contributed by atoms with Gasteiger partial charge in [-0.2, -0.15) is 0 Å². The molecule has 84 valence electrons. The summed E-state index contributed by atoms with van der Waals surface area (Å²) in [5.74, 6) is 0.874. The number of carbonyl (C=O) groups excluding carboxylic acids is 1. The van der Waals surface area contributed by atoms with E-state index in [4.69, 9.17) is 0 Å². The van der Waals surface area contributed by atoms with Crippen LogP contribution in [0.25, 0.3) is 0 Å². The van der Waals surface area contributed by atoms with Crippen LogP contribution in [-0.4, -0.2) is 18.9 Å². The van der Waals surface area contributed by atoms with Crippen LogP contribution in [0, 0.1) is 13.8 Å². The standard InChI is InChI=1S/C13H16N2O/c1-9-3-4-11(10(2)7-9)12(16)8-13-14-5-6-15-13/h3-4,7-8,14-15H,5-6H2,1-2H3. The van der Waals surface area contributed by atoms with Crippen molar-refractivity contribution in [2.75, 3.05) is 13.1 Å².